The van der Waals surface area contributed by atoms with Crippen LogP contribution in [0.4, 0.5) is 0 Å². The number of hydrogen-bond donors (Lipinski definition) is 1. The Balaban J connectivity index is 2.65. The number of nitrogens with zero attached hydrogens (tertiary/aromatic N) is 2. The fourth-order valence-corrected chi connectivity index (χ4v) is 1.59. The van der Waals surface area contributed by atoms with Crippen molar-refractivity contribution in [1.82, 2.24) is 4.98 Å². The van der Waals surface area contributed by atoms with Crippen LogP contribution in [0.2, 0.25) is 0 Å². The maximum absolute atomic E-state index is 11.0. The Labute approximate surface area is 98.0 Å². The van der Waals surface area contributed by atoms with Gasteiger partial charge < -0.3 is 5.73 Å². The van der Waals surface area contributed by atoms with Gasteiger partial charge in [-0.2, -0.15) is 5.26 Å². The van der Waals surface area contributed by atoms with Crippen LogP contribution in [0, 0.1) is 11.3 Å². The molecule has 0 radical (unpaired) electrons. The summed E-state index contributed by atoms with van der Waals surface area (Å²) in [6, 6.07) is 9.19. The second-order valence-electron chi connectivity index (χ2n) is 3.48. The predicted molar refractivity (Wildman–Crippen MR) is 64.5 cm³/mol. The van der Waals surface area contributed by atoms with Crippen LogP contribution >= 0.6 is 0 Å². The monoisotopic (exact) mass is 223 g/mol. The number of nitrogens with two attached hydrogens (primary N) is 1. The Kier molecular flexibility index (Phi) is 2.84. The first-order valence-electron chi connectivity index (χ1n) is 4.96. The van der Waals surface area contributed by atoms with Crippen molar-refractivity contribution in [3.05, 3.63) is 47.8 Å². The van der Waals surface area contributed by atoms with Crippen molar-refractivity contribution in [2.24, 2.45) is 5.73 Å². The summed E-state index contributed by atoms with van der Waals surface area (Å²) in [5, 5.41) is 10.7. The van der Waals surface area contributed by atoms with Crippen LogP contribution in [-0.2, 0) is 4.79 Å². The Bertz CT molecular complexity index is 648. The van der Waals surface area contributed by atoms with Crippen LogP contribution in [0.15, 0.2) is 42.2 Å². The molecule has 2 N–H and O–H groups in total. The molecule has 0 spiro atoms. The number of rotatable bonds is 2. The molecule has 17 heavy (non-hydrogen) atoms. The largest absolute Gasteiger partial charge is 0.365 e. The summed E-state index contributed by atoms with van der Waals surface area (Å²) >= 11 is 0. The molecule has 1 heterocycles. The van der Waals surface area contributed by atoms with Gasteiger partial charge in [0.25, 0.3) is 5.91 Å². The van der Waals surface area contributed by atoms with Crippen LogP contribution in [-0.4, -0.2) is 10.9 Å². The average molecular weight is 223 g/mol. The molecule has 0 saturated heterocycles. The highest BCUT2D eigenvalue weighted by Gasteiger charge is 2.05. The first kappa shape index (κ1) is 10.8. The first-order chi connectivity index (χ1) is 8.22. The van der Waals surface area contributed by atoms with Crippen LogP contribution < -0.4 is 5.73 Å². The number of amides is 1. The minimum Gasteiger partial charge on any atom is -0.365 e. The second kappa shape index (κ2) is 4.45. The summed E-state index contributed by atoms with van der Waals surface area (Å²) in [5.41, 5.74) is 5.81. The smallest absolute Gasteiger partial charge is 0.259 e. The van der Waals surface area contributed by atoms with Crippen molar-refractivity contribution in [3.8, 4) is 6.07 Å². The van der Waals surface area contributed by atoms with E-state index in [2.05, 4.69) is 4.98 Å². The van der Waals surface area contributed by atoms with Crippen molar-refractivity contribution in [3.63, 3.8) is 0 Å². The van der Waals surface area contributed by atoms with E-state index in [0.29, 0.717) is 0 Å². The molecule has 1 amide bonds. The number of carbonyl (C=O) groups is 1. The lowest BCUT2D eigenvalue weighted by Gasteiger charge is -2.01. The molecule has 4 heteroatoms. The SMILES string of the molecule is N#CC(=Cc1cccc2cnccc12)C(N)=O. The quantitative estimate of drug-likeness (QED) is 0.620. The lowest BCUT2D eigenvalue weighted by molar-refractivity contribution is -0.114. The molecule has 1 aromatic heterocycles. The molecule has 0 atom stereocenters. The molecule has 0 aliphatic carbocycles. The molecule has 4 nitrogen and oxygen atoms in total. The van der Waals surface area contributed by atoms with Crippen molar-refractivity contribution < 1.29 is 4.79 Å². The van der Waals surface area contributed by atoms with E-state index in [1.807, 2.05) is 24.3 Å². The Morgan fingerprint density at radius 2 is 2.24 bits per heavy atom. The molecule has 2 rings (SSSR count). The third-order valence-electron chi connectivity index (χ3n) is 2.40. The number of aromatic nitrogens is 1. The van der Waals surface area contributed by atoms with Crippen LogP contribution in [0.1, 0.15) is 5.56 Å². The predicted octanol–water partition coefficient (Wildman–Crippen LogP) is 1.63. The first-order valence-corrected chi connectivity index (χ1v) is 4.96. The Hall–Kier alpha value is -2.67. The Morgan fingerprint density at radius 3 is 2.94 bits per heavy atom. The van der Waals surface area contributed by atoms with E-state index in [-0.39, 0.29) is 5.57 Å². The van der Waals surface area contributed by atoms with E-state index in [4.69, 9.17) is 11.0 Å². The number of pyridine rings is 1. The molecular weight excluding hydrogens is 214 g/mol. The number of fused-ring (bicyclic) bond motifs is 1. The highest BCUT2D eigenvalue weighted by molar-refractivity contribution is 6.03. The number of hydrogen-bond acceptors (Lipinski definition) is 3. The molecule has 0 saturated carbocycles. The minimum atomic E-state index is -0.724. The summed E-state index contributed by atoms with van der Waals surface area (Å²) in [4.78, 5) is 15.0. The van der Waals surface area contributed by atoms with Gasteiger partial charge in [-0.1, -0.05) is 18.2 Å². The number of nitriles is 1. The molecular formula is C13H9N3O. The molecule has 82 valence electrons. The lowest BCUT2D eigenvalue weighted by atomic mass is 10.0. The molecule has 0 unspecified atom stereocenters. The minimum absolute atomic E-state index is 0.0608. The second-order valence-corrected chi connectivity index (χ2v) is 3.48. The summed E-state index contributed by atoms with van der Waals surface area (Å²) < 4.78 is 0. The van der Waals surface area contributed by atoms with Crippen LogP contribution in [0.25, 0.3) is 16.8 Å². The zero-order chi connectivity index (χ0) is 12.3. The molecule has 0 aliphatic heterocycles. The summed E-state index contributed by atoms with van der Waals surface area (Å²) in [6.45, 7) is 0. The van der Waals surface area contributed by atoms with Gasteiger partial charge in [0, 0.05) is 17.8 Å². The molecule has 0 aliphatic rings. The fraction of sp³-hybridized carbons (Fsp3) is 0. The van der Waals surface area contributed by atoms with E-state index < -0.39 is 5.91 Å². The fourth-order valence-electron chi connectivity index (χ4n) is 1.59. The molecule has 1 aromatic carbocycles. The van der Waals surface area contributed by atoms with Gasteiger partial charge in [0.2, 0.25) is 0 Å². The van der Waals surface area contributed by atoms with E-state index in [0.717, 1.165) is 16.3 Å². The van der Waals surface area contributed by atoms with Crippen molar-refractivity contribution >= 4 is 22.8 Å². The topological polar surface area (TPSA) is 79.8 Å². The van der Waals surface area contributed by atoms with E-state index in [1.54, 1.807) is 18.5 Å². The molecule has 0 fully saturated rings. The van der Waals surface area contributed by atoms with Gasteiger partial charge in [-0.25, -0.2) is 0 Å². The van der Waals surface area contributed by atoms with Crippen molar-refractivity contribution in [2.75, 3.05) is 0 Å². The molecule has 0 bridgehead atoms. The summed E-state index contributed by atoms with van der Waals surface area (Å²) in [6.07, 6.45) is 4.88. The maximum atomic E-state index is 11.0. The van der Waals surface area contributed by atoms with Gasteiger partial charge in [0.05, 0.1) is 0 Å². The van der Waals surface area contributed by atoms with E-state index >= 15 is 0 Å². The Morgan fingerprint density at radius 1 is 1.41 bits per heavy atom. The van der Waals surface area contributed by atoms with Gasteiger partial charge in [-0.15, -0.1) is 0 Å². The van der Waals surface area contributed by atoms with Crippen LogP contribution in [0.3, 0.4) is 0 Å². The van der Waals surface area contributed by atoms with Gasteiger partial charge in [-0.3, -0.25) is 9.78 Å². The normalized spacial score (nSPS) is 11.1. The summed E-state index contributed by atoms with van der Waals surface area (Å²) in [7, 11) is 0. The number of primary amides is 1. The van der Waals surface area contributed by atoms with Gasteiger partial charge >= 0.3 is 0 Å². The van der Waals surface area contributed by atoms with Crippen molar-refractivity contribution in [2.45, 2.75) is 0 Å². The van der Waals surface area contributed by atoms with Gasteiger partial charge in [0.15, 0.2) is 0 Å². The highest BCUT2D eigenvalue weighted by Crippen LogP contribution is 2.19. The number of benzene rings is 1. The van der Waals surface area contributed by atoms with Crippen molar-refractivity contribution in [1.29, 1.82) is 5.26 Å². The standard InChI is InChI=1S/C13H9N3O/c14-7-11(13(15)17)6-9-2-1-3-10-8-16-5-4-12(9)10/h1-6,8H,(H2,15,17). The van der Waals surface area contributed by atoms with Crippen LogP contribution in [0.5, 0.6) is 0 Å². The highest BCUT2D eigenvalue weighted by atomic mass is 16.1. The van der Waals surface area contributed by atoms with E-state index in [1.165, 1.54) is 6.08 Å². The number of carbonyl (C=O) groups excluding carboxylic acids is 1. The zero-order valence-electron chi connectivity index (χ0n) is 8.92. The zero-order valence-corrected chi connectivity index (χ0v) is 8.92. The van der Waals surface area contributed by atoms with Gasteiger partial charge in [0.1, 0.15) is 11.6 Å². The maximum Gasteiger partial charge on any atom is 0.259 e. The summed E-state index contributed by atoms with van der Waals surface area (Å²) in [5.74, 6) is -0.724. The molecule has 2 aromatic rings. The third kappa shape index (κ3) is 2.13. The average Bonchev–Trinajstić information content (AvgIpc) is 2.35. The van der Waals surface area contributed by atoms with E-state index in [9.17, 15) is 4.79 Å². The van der Waals surface area contributed by atoms with Gasteiger partial charge in [-0.05, 0) is 23.1 Å². The lowest BCUT2D eigenvalue weighted by Crippen LogP contribution is -2.12. The third-order valence-corrected chi connectivity index (χ3v) is 2.40.